The van der Waals surface area contributed by atoms with Crippen molar-refractivity contribution in [1.29, 1.82) is 0 Å². The summed E-state index contributed by atoms with van der Waals surface area (Å²) in [6.07, 6.45) is 2.25. The largest absolute Gasteiger partial charge is 0.323 e. The van der Waals surface area contributed by atoms with Gasteiger partial charge in [-0.25, -0.2) is 4.98 Å². The number of anilines is 1. The first-order valence-electron chi connectivity index (χ1n) is 6.45. The van der Waals surface area contributed by atoms with Crippen LogP contribution in [0.15, 0.2) is 42.6 Å². The quantitative estimate of drug-likeness (QED) is 0.834. The number of nitrogens with one attached hydrogen (secondary N) is 2. The number of carbonyl (C=O) groups excluding carboxylic acids is 1. The van der Waals surface area contributed by atoms with Crippen LogP contribution in [0.1, 0.15) is 11.1 Å². The Balaban J connectivity index is 1.68. The van der Waals surface area contributed by atoms with Gasteiger partial charge in [-0.3, -0.25) is 4.79 Å². The number of nitrogens with zero attached hydrogens (tertiary/aromatic N) is 1. The molecule has 1 aliphatic heterocycles. The number of fused-ring (bicyclic) bond motifs is 1. The molecule has 2 N–H and O–H groups in total. The molecule has 1 aliphatic rings. The summed E-state index contributed by atoms with van der Waals surface area (Å²) in [6.45, 7) is 0.715. The number of hydrogen-bond donors (Lipinski definition) is 2. The van der Waals surface area contributed by atoms with Crippen molar-refractivity contribution in [1.82, 2.24) is 10.3 Å². The SMILES string of the molecule is O=C(Nc1ccc(Cl)nc1)[C@@H]1Cc2ccccc2CN1. The number of aromatic nitrogens is 1. The first-order valence-corrected chi connectivity index (χ1v) is 6.83. The number of benzene rings is 1. The maximum absolute atomic E-state index is 12.2. The van der Waals surface area contributed by atoms with Crippen LogP contribution in [0.25, 0.3) is 0 Å². The first-order chi connectivity index (χ1) is 9.72. The molecule has 3 rings (SSSR count). The second-order valence-electron chi connectivity index (χ2n) is 4.77. The zero-order chi connectivity index (χ0) is 13.9. The van der Waals surface area contributed by atoms with Gasteiger partial charge in [0.05, 0.1) is 17.9 Å². The van der Waals surface area contributed by atoms with Gasteiger partial charge in [-0.2, -0.15) is 0 Å². The maximum Gasteiger partial charge on any atom is 0.241 e. The number of amides is 1. The van der Waals surface area contributed by atoms with Gasteiger partial charge in [0.2, 0.25) is 5.91 Å². The molecule has 4 nitrogen and oxygen atoms in total. The Morgan fingerprint density at radius 1 is 1.25 bits per heavy atom. The zero-order valence-electron chi connectivity index (χ0n) is 10.8. The topological polar surface area (TPSA) is 54.0 Å². The summed E-state index contributed by atoms with van der Waals surface area (Å²) in [6, 6.07) is 11.3. The molecule has 1 atom stereocenters. The molecule has 0 radical (unpaired) electrons. The van der Waals surface area contributed by atoms with Crippen LogP contribution in [0.2, 0.25) is 5.15 Å². The number of halogens is 1. The van der Waals surface area contributed by atoms with E-state index in [1.807, 2.05) is 12.1 Å². The van der Waals surface area contributed by atoms with Crippen LogP contribution in [-0.4, -0.2) is 16.9 Å². The van der Waals surface area contributed by atoms with E-state index in [0.29, 0.717) is 23.8 Å². The molecule has 1 amide bonds. The Morgan fingerprint density at radius 3 is 2.80 bits per heavy atom. The average Bonchev–Trinajstić information content (AvgIpc) is 2.49. The van der Waals surface area contributed by atoms with Gasteiger partial charge >= 0.3 is 0 Å². The molecule has 2 heterocycles. The molecule has 0 spiro atoms. The van der Waals surface area contributed by atoms with Crippen molar-refractivity contribution in [2.75, 3.05) is 5.32 Å². The van der Waals surface area contributed by atoms with Crippen LogP contribution >= 0.6 is 11.6 Å². The van der Waals surface area contributed by atoms with Crippen LogP contribution < -0.4 is 10.6 Å². The highest BCUT2D eigenvalue weighted by Gasteiger charge is 2.23. The van der Waals surface area contributed by atoms with E-state index in [1.54, 1.807) is 18.3 Å². The predicted octanol–water partition coefficient (Wildman–Crippen LogP) is 2.39. The first kappa shape index (κ1) is 13.1. The van der Waals surface area contributed by atoms with Crippen LogP contribution in [0.4, 0.5) is 5.69 Å². The summed E-state index contributed by atoms with van der Waals surface area (Å²) in [7, 11) is 0. The van der Waals surface area contributed by atoms with E-state index in [1.165, 1.54) is 11.1 Å². The molecule has 102 valence electrons. The van der Waals surface area contributed by atoms with Crippen molar-refractivity contribution in [3.05, 3.63) is 58.9 Å². The lowest BCUT2D eigenvalue weighted by molar-refractivity contribution is -0.118. The van der Waals surface area contributed by atoms with Gasteiger partial charge in [0.25, 0.3) is 0 Å². The van der Waals surface area contributed by atoms with Gasteiger partial charge in [-0.05, 0) is 29.7 Å². The second-order valence-corrected chi connectivity index (χ2v) is 5.15. The smallest absolute Gasteiger partial charge is 0.241 e. The van der Waals surface area contributed by atoms with E-state index in [-0.39, 0.29) is 11.9 Å². The summed E-state index contributed by atoms with van der Waals surface area (Å²) in [5.74, 6) is -0.0522. The highest BCUT2D eigenvalue weighted by Crippen LogP contribution is 2.17. The summed E-state index contributed by atoms with van der Waals surface area (Å²) in [5, 5.41) is 6.51. The fourth-order valence-electron chi connectivity index (χ4n) is 2.32. The molecule has 0 saturated heterocycles. The maximum atomic E-state index is 12.2. The normalized spacial score (nSPS) is 17.4. The highest BCUT2D eigenvalue weighted by molar-refractivity contribution is 6.29. The summed E-state index contributed by atoms with van der Waals surface area (Å²) in [5.41, 5.74) is 3.13. The molecule has 1 aromatic carbocycles. The monoisotopic (exact) mass is 287 g/mol. The van der Waals surface area contributed by atoms with E-state index in [2.05, 4.69) is 27.8 Å². The Labute approximate surface area is 122 Å². The molecule has 1 aromatic heterocycles. The van der Waals surface area contributed by atoms with E-state index in [4.69, 9.17) is 11.6 Å². The zero-order valence-corrected chi connectivity index (χ0v) is 11.5. The lowest BCUT2D eigenvalue weighted by Crippen LogP contribution is -2.44. The Kier molecular flexibility index (Phi) is 3.67. The van der Waals surface area contributed by atoms with Gasteiger partial charge in [-0.1, -0.05) is 35.9 Å². The van der Waals surface area contributed by atoms with Gasteiger partial charge in [-0.15, -0.1) is 0 Å². The Morgan fingerprint density at radius 2 is 2.05 bits per heavy atom. The van der Waals surface area contributed by atoms with E-state index >= 15 is 0 Å². The van der Waals surface area contributed by atoms with Crippen molar-refractivity contribution in [3.63, 3.8) is 0 Å². The minimum atomic E-state index is -0.222. The molecule has 0 bridgehead atoms. The molecular formula is C15H14ClN3O. The third-order valence-corrected chi connectivity index (χ3v) is 3.62. The lowest BCUT2D eigenvalue weighted by atomic mass is 9.95. The van der Waals surface area contributed by atoms with Crippen LogP contribution in [-0.2, 0) is 17.8 Å². The fraction of sp³-hybridized carbons (Fsp3) is 0.200. The number of rotatable bonds is 2. The van der Waals surface area contributed by atoms with Gasteiger partial charge < -0.3 is 10.6 Å². The molecule has 20 heavy (non-hydrogen) atoms. The molecule has 5 heteroatoms. The minimum Gasteiger partial charge on any atom is -0.323 e. The van der Waals surface area contributed by atoms with Gasteiger partial charge in [0.15, 0.2) is 0 Å². The molecule has 2 aromatic rings. The van der Waals surface area contributed by atoms with Crippen molar-refractivity contribution in [3.8, 4) is 0 Å². The van der Waals surface area contributed by atoms with Crippen molar-refractivity contribution in [2.24, 2.45) is 0 Å². The van der Waals surface area contributed by atoms with E-state index in [9.17, 15) is 4.79 Å². The van der Waals surface area contributed by atoms with Gasteiger partial charge in [0.1, 0.15) is 5.15 Å². The van der Waals surface area contributed by atoms with E-state index in [0.717, 1.165) is 0 Å². The molecule has 0 saturated carbocycles. The average molecular weight is 288 g/mol. The standard InChI is InChI=1S/C15H14ClN3O/c16-14-6-5-12(9-18-14)19-15(20)13-7-10-3-1-2-4-11(10)8-17-13/h1-6,9,13,17H,7-8H2,(H,19,20)/t13-/m0/s1. The second kappa shape index (κ2) is 5.61. The number of carbonyl (C=O) groups is 1. The summed E-state index contributed by atoms with van der Waals surface area (Å²) < 4.78 is 0. The van der Waals surface area contributed by atoms with Crippen molar-refractivity contribution >= 4 is 23.2 Å². The molecule has 0 unspecified atom stereocenters. The highest BCUT2D eigenvalue weighted by atomic mass is 35.5. The molecule has 0 aliphatic carbocycles. The van der Waals surface area contributed by atoms with Crippen molar-refractivity contribution in [2.45, 2.75) is 19.0 Å². The fourth-order valence-corrected chi connectivity index (χ4v) is 2.43. The van der Waals surface area contributed by atoms with E-state index < -0.39 is 0 Å². The number of pyridine rings is 1. The Bertz CT molecular complexity index is 627. The van der Waals surface area contributed by atoms with Crippen molar-refractivity contribution < 1.29 is 4.79 Å². The lowest BCUT2D eigenvalue weighted by Gasteiger charge is -2.25. The minimum absolute atomic E-state index is 0.0522. The third-order valence-electron chi connectivity index (χ3n) is 3.39. The van der Waals surface area contributed by atoms with Gasteiger partial charge in [0, 0.05) is 6.54 Å². The van der Waals surface area contributed by atoms with Crippen LogP contribution in [0.5, 0.6) is 0 Å². The molecule has 0 fully saturated rings. The van der Waals surface area contributed by atoms with Crippen LogP contribution in [0.3, 0.4) is 0 Å². The summed E-state index contributed by atoms with van der Waals surface area (Å²) in [4.78, 5) is 16.2. The Hall–Kier alpha value is -1.91. The summed E-state index contributed by atoms with van der Waals surface area (Å²) >= 11 is 5.72. The number of hydrogen-bond acceptors (Lipinski definition) is 3. The molecular weight excluding hydrogens is 274 g/mol. The predicted molar refractivity (Wildman–Crippen MR) is 78.7 cm³/mol. The van der Waals surface area contributed by atoms with Crippen LogP contribution in [0, 0.1) is 0 Å². The third kappa shape index (κ3) is 2.81.